The molecule has 0 fully saturated rings. The van der Waals surface area contributed by atoms with Crippen LogP contribution in [0.3, 0.4) is 0 Å². The second kappa shape index (κ2) is 4.52. The van der Waals surface area contributed by atoms with Crippen molar-refractivity contribution in [3.63, 3.8) is 0 Å². The maximum atomic E-state index is 13.3. The third-order valence-electron chi connectivity index (χ3n) is 2.05. The molecule has 0 saturated carbocycles. The largest absolute Gasteiger partial charge is 0.478 e. The van der Waals surface area contributed by atoms with Crippen molar-refractivity contribution in [1.29, 1.82) is 0 Å². The van der Waals surface area contributed by atoms with E-state index in [0.717, 1.165) is 6.92 Å². The van der Waals surface area contributed by atoms with Crippen LogP contribution in [0.2, 0.25) is 0 Å². The molecule has 1 atom stereocenters. The Morgan fingerprint density at radius 2 is 1.76 bits per heavy atom. The number of aliphatic carboxylic acids is 1. The van der Waals surface area contributed by atoms with Crippen LogP contribution in [0.25, 0.3) is 0 Å². The van der Waals surface area contributed by atoms with Gasteiger partial charge in [0.2, 0.25) is 0 Å². The van der Waals surface area contributed by atoms with Crippen molar-refractivity contribution < 1.29 is 32.3 Å². The van der Waals surface area contributed by atoms with Gasteiger partial charge in [-0.25, -0.2) is 22.4 Å². The van der Waals surface area contributed by atoms with Gasteiger partial charge in [-0.2, -0.15) is 0 Å². The Hall–Kier alpha value is -1.92. The summed E-state index contributed by atoms with van der Waals surface area (Å²) in [6.45, 7) is 0.771. The van der Waals surface area contributed by atoms with Gasteiger partial charge in [-0.05, 0) is 13.0 Å². The first-order valence-corrected chi connectivity index (χ1v) is 4.33. The minimum Gasteiger partial charge on any atom is -0.478 e. The van der Waals surface area contributed by atoms with Crippen molar-refractivity contribution in [2.45, 2.75) is 13.1 Å². The van der Waals surface area contributed by atoms with Crippen molar-refractivity contribution in [1.82, 2.24) is 0 Å². The predicted octanol–water partition coefficient (Wildman–Crippen LogP) is 2.31. The van der Waals surface area contributed by atoms with Crippen LogP contribution in [0.4, 0.5) is 17.6 Å². The first kappa shape index (κ1) is 13.1. The van der Waals surface area contributed by atoms with Crippen molar-refractivity contribution in [2.75, 3.05) is 0 Å². The zero-order chi connectivity index (χ0) is 13.3. The number of carboxylic acid groups (broad SMARTS) is 1. The van der Waals surface area contributed by atoms with Crippen molar-refractivity contribution in [3.8, 4) is 0 Å². The molecular formula is C10H6F4O3. The van der Waals surface area contributed by atoms with Gasteiger partial charge in [0.05, 0.1) is 5.57 Å². The van der Waals surface area contributed by atoms with E-state index in [4.69, 9.17) is 5.11 Å². The molecule has 92 valence electrons. The average Bonchev–Trinajstić information content (AvgIpc) is 2.28. The number of hydrogen-bond donors (Lipinski definition) is 1. The van der Waals surface area contributed by atoms with Gasteiger partial charge < -0.3 is 5.11 Å². The van der Waals surface area contributed by atoms with Crippen LogP contribution >= 0.6 is 0 Å². The molecule has 0 bridgehead atoms. The number of carbonyl (C=O) groups is 2. The van der Waals surface area contributed by atoms with Gasteiger partial charge in [0, 0.05) is 0 Å². The normalized spacial score (nSPS) is 21.2. The van der Waals surface area contributed by atoms with Crippen LogP contribution in [0.5, 0.6) is 0 Å². The Kier molecular flexibility index (Phi) is 3.50. The van der Waals surface area contributed by atoms with Gasteiger partial charge in [0.15, 0.2) is 29.4 Å². The monoisotopic (exact) mass is 250 g/mol. The van der Waals surface area contributed by atoms with Crippen LogP contribution in [0, 0.1) is 0 Å². The van der Waals surface area contributed by atoms with Crippen LogP contribution in [-0.2, 0) is 9.59 Å². The van der Waals surface area contributed by atoms with Gasteiger partial charge in [-0.1, -0.05) is 0 Å². The summed E-state index contributed by atoms with van der Waals surface area (Å²) in [5.74, 6) is -9.29. The summed E-state index contributed by atoms with van der Waals surface area (Å²) >= 11 is 0. The number of allylic oxidation sites excluding steroid dienone is 4. The Morgan fingerprint density at radius 1 is 1.24 bits per heavy atom. The molecule has 1 rings (SSSR count). The van der Waals surface area contributed by atoms with Crippen LogP contribution < -0.4 is 0 Å². The third-order valence-corrected chi connectivity index (χ3v) is 2.05. The highest BCUT2D eigenvalue weighted by Gasteiger charge is 2.34. The minimum absolute atomic E-state index is 0.00157. The third kappa shape index (κ3) is 2.27. The molecule has 0 aliphatic heterocycles. The highest BCUT2D eigenvalue weighted by Crippen LogP contribution is 2.33. The van der Waals surface area contributed by atoms with E-state index in [-0.39, 0.29) is 6.08 Å². The van der Waals surface area contributed by atoms with Gasteiger partial charge in [0.25, 0.3) is 0 Å². The number of Topliss-reactive ketones (excluding diaryl/α,β-unsaturated/α-hetero) is 1. The van der Waals surface area contributed by atoms with Crippen LogP contribution in [-0.4, -0.2) is 23.0 Å². The van der Waals surface area contributed by atoms with E-state index in [0.29, 0.717) is 0 Å². The smallest absolute Gasteiger partial charge is 0.339 e. The Labute approximate surface area is 92.7 Å². The van der Waals surface area contributed by atoms with Crippen LogP contribution in [0.1, 0.15) is 6.92 Å². The fourth-order valence-corrected chi connectivity index (χ4v) is 1.33. The second-order valence-electron chi connectivity index (χ2n) is 3.19. The fourth-order valence-electron chi connectivity index (χ4n) is 1.33. The molecule has 0 aromatic carbocycles. The standard InChI is InChI=1S/C10H6F4O3/c1-3(15)6-4(11)2-5(12)8(13)9(14)7(6)10(16)17/h2,4H,1H3,(H,16,17). The van der Waals surface area contributed by atoms with E-state index in [1.54, 1.807) is 0 Å². The lowest BCUT2D eigenvalue weighted by atomic mass is 10.00. The second-order valence-corrected chi connectivity index (χ2v) is 3.19. The molecule has 0 saturated heterocycles. The summed E-state index contributed by atoms with van der Waals surface area (Å²) in [5.41, 5.74) is -2.62. The number of halogens is 4. The molecule has 3 nitrogen and oxygen atoms in total. The van der Waals surface area contributed by atoms with Gasteiger partial charge in [0.1, 0.15) is 5.57 Å². The summed E-state index contributed by atoms with van der Waals surface area (Å²) in [4.78, 5) is 21.7. The zero-order valence-electron chi connectivity index (χ0n) is 8.43. The Bertz CT molecular complexity index is 488. The first-order chi connectivity index (χ1) is 7.77. The number of carbonyl (C=O) groups excluding carboxylic acids is 1. The fraction of sp³-hybridized carbons (Fsp3) is 0.200. The molecule has 0 radical (unpaired) electrons. The number of rotatable bonds is 2. The number of hydrogen-bond acceptors (Lipinski definition) is 2. The molecular weight excluding hydrogens is 244 g/mol. The maximum Gasteiger partial charge on any atom is 0.339 e. The van der Waals surface area contributed by atoms with E-state index < -0.39 is 46.6 Å². The lowest BCUT2D eigenvalue weighted by molar-refractivity contribution is -0.133. The van der Waals surface area contributed by atoms with E-state index >= 15 is 0 Å². The number of alkyl halides is 1. The highest BCUT2D eigenvalue weighted by atomic mass is 19.2. The molecule has 0 aromatic rings. The minimum atomic E-state index is -2.52. The first-order valence-electron chi connectivity index (χ1n) is 4.33. The van der Waals surface area contributed by atoms with Crippen LogP contribution in [0.15, 0.2) is 34.7 Å². The van der Waals surface area contributed by atoms with E-state index in [2.05, 4.69) is 0 Å². The lowest BCUT2D eigenvalue weighted by Gasteiger charge is -2.07. The highest BCUT2D eigenvalue weighted by molar-refractivity contribution is 6.05. The van der Waals surface area contributed by atoms with Crippen molar-refractivity contribution in [2.24, 2.45) is 0 Å². The molecule has 1 aliphatic carbocycles. The Morgan fingerprint density at radius 3 is 2.18 bits per heavy atom. The van der Waals surface area contributed by atoms with Gasteiger partial charge in [-0.3, -0.25) is 4.79 Å². The Balaban J connectivity index is 3.65. The molecule has 1 aliphatic rings. The van der Waals surface area contributed by atoms with E-state index in [1.165, 1.54) is 0 Å². The average molecular weight is 250 g/mol. The molecule has 17 heavy (non-hydrogen) atoms. The number of ketones is 1. The summed E-state index contributed by atoms with van der Waals surface area (Å²) in [6, 6.07) is 0. The van der Waals surface area contributed by atoms with Crippen molar-refractivity contribution >= 4 is 11.8 Å². The molecule has 1 N–H and O–H groups in total. The van der Waals surface area contributed by atoms with Gasteiger partial charge in [-0.15, -0.1) is 0 Å². The molecule has 7 heteroatoms. The molecule has 1 unspecified atom stereocenters. The maximum absolute atomic E-state index is 13.3. The SMILES string of the molecule is CC(=O)C1=C(C(=O)O)C(F)=C(F)C(F)=CC1F. The lowest BCUT2D eigenvalue weighted by Crippen LogP contribution is -2.16. The summed E-state index contributed by atoms with van der Waals surface area (Å²) < 4.78 is 52.4. The molecule has 0 spiro atoms. The quantitative estimate of drug-likeness (QED) is 0.765. The predicted molar refractivity (Wildman–Crippen MR) is 48.7 cm³/mol. The zero-order valence-corrected chi connectivity index (χ0v) is 8.43. The topological polar surface area (TPSA) is 54.4 Å². The van der Waals surface area contributed by atoms with Gasteiger partial charge >= 0.3 is 5.97 Å². The summed E-state index contributed by atoms with van der Waals surface area (Å²) in [6.07, 6.45) is -2.51. The summed E-state index contributed by atoms with van der Waals surface area (Å²) in [5, 5.41) is 8.61. The molecule has 0 heterocycles. The van der Waals surface area contributed by atoms with E-state index in [9.17, 15) is 27.2 Å². The number of carboxylic acids is 1. The summed E-state index contributed by atoms with van der Waals surface area (Å²) in [7, 11) is 0. The van der Waals surface area contributed by atoms with Crippen molar-refractivity contribution in [3.05, 3.63) is 34.7 Å². The van der Waals surface area contributed by atoms with E-state index in [1.807, 2.05) is 0 Å². The molecule has 0 amide bonds. The molecule has 0 aromatic heterocycles.